The van der Waals surface area contributed by atoms with Crippen LogP contribution in [0.3, 0.4) is 0 Å². The minimum atomic E-state index is -3.66. The topological polar surface area (TPSA) is 75.7 Å². The first-order valence-electron chi connectivity index (χ1n) is 10.1. The third kappa shape index (κ3) is 6.24. The average Bonchev–Trinajstić information content (AvgIpc) is 2.79. The number of nitrogens with one attached hydrogen (secondary N) is 1. The highest BCUT2D eigenvalue weighted by Gasteiger charge is 2.21. The molecule has 0 unspecified atom stereocenters. The molecular formula is C24H25ClN2O4S. The van der Waals surface area contributed by atoms with Gasteiger partial charge in [-0.2, -0.15) is 0 Å². The Labute approximate surface area is 193 Å². The number of halogens is 1. The molecule has 0 heterocycles. The van der Waals surface area contributed by atoms with Crippen molar-refractivity contribution in [3.8, 4) is 5.75 Å². The van der Waals surface area contributed by atoms with Gasteiger partial charge in [0.2, 0.25) is 0 Å². The lowest BCUT2D eigenvalue weighted by atomic mass is 10.1. The van der Waals surface area contributed by atoms with E-state index >= 15 is 0 Å². The Balaban J connectivity index is 1.50. The Morgan fingerprint density at radius 2 is 1.59 bits per heavy atom. The highest BCUT2D eigenvalue weighted by molar-refractivity contribution is 7.92. The lowest BCUT2D eigenvalue weighted by Gasteiger charge is -2.20. The number of aryl methyl sites for hydroxylation is 1. The average molecular weight is 473 g/mol. The maximum absolute atomic E-state index is 12.8. The van der Waals surface area contributed by atoms with Gasteiger partial charge in [-0.3, -0.25) is 9.10 Å². The number of sulfonamides is 1. The summed E-state index contributed by atoms with van der Waals surface area (Å²) >= 11 is 5.86. The standard InChI is InChI=1S/C24H25ClN2O4S/c1-18-3-13-23(14-4-18)32(29,30)27(2)21-9-11-22(12-10-21)31-17-24(28)26-16-15-19-5-7-20(25)8-6-19/h3-14H,15-17H2,1-2H3,(H,26,28). The summed E-state index contributed by atoms with van der Waals surface area (Å²) < 4.78 is 32.3. The first-order valence-corrected chi connectivity index (χ1v) is 11.9. The number of carbonyl (C=O) groups is 1. The Morgan fingerprint density at radius 1 is 0.969 bits per heavy atom. The fourth-order valence-corrected chi connectivity index (χ4v) is 4.28. The molecule has 1 amide bonds. The second-order valence-electron chi connectivity index (χ2n) is 7.29. The monoisotopic (exact) mass is 472 g/mol. The van der Waals surface area contributed by atoms with Gasteiger partial charge in [0.05, 0.1) is 10.6 Å². The van der Waals surface area contributed by atoms with Crippen LogP contribution in [0.4, 0.5) is 5.69 Å². The SMILES string of the molecule is Cc1ccc(S(=O)(=O)N(C)c2ccc(OCC(=O)NCCc3ccc(Cl)cc3)cc2)cc1. The van der Waals surface area contributed by atoms with Crippen LogP contribution in [0.5, 0.6) is 5.75 Å². The summed E-state index contributed by atoms with van der Waals surface area (Å²) in [5.41, 5.74) is 2.56. The second-order valence-corrected chi connectivity index (χ2v) is 9.70. The van der Waals surface area contributed by atoms with E-state index in [-0.39, 0.29) is 17.4 Å². The summed E-state index contributed by atoms with van der Waals surface area (Å²) in [6, 6.07) is 20.7. The molecule has 8 heteroatoms. The predicted octanol–water partition coefficient (Wildman–Crippen LogP) is 4.21. The summed E-state index contributed by atoms with van der Waals surface area (Å²) in [7, 11) is -2.16. The van der Waals surface area contributed by atoms with Crippen molar-refractivity contribution in [2.75, 3.05) is 24.5 Å². The van der Waals surface area contributed by atoms with E-state index in [1.54, 1.807) is 48.5 Å². The minimum Gasteiger partial charge on any atom is -0.484 e. The van der Waals surface area contributed by atoms with Crippen LogP contribution in [-0.4, -0.2) is 34.5 Å². The summed E-state index contributed by atoms with van der Waals surface area (Å²) in [4.78, 5) is 12.2. The van der Waals surface area contributed by atoms with Crippen LogP contribution in [0.1, 0.15) is 11.1 Å². The molecular weight excluding hydrogens is 448 g/mol. The van der Waals surface area contributed by atoms with Gasteiger partial charge in [-0.05, 0) is 67.4 Å². The van der Waals surface area contributed by atoms with Crippen LogP contribution in [-0.2, 0) is 21.2 Å². The zero-order chi connectivity index (χ0) is 23.1. The van der Waals surface area contributed by atoms with Crippen LogP contribution in [0.2, 0.25) is 5.02 Å². The van der Waals surface area contributed by atoms with Crippen LogP contribution < -0.4 is 14.4 Å². The van der Waals surface area contributed by atoms with Gasteiger partial charge in [-0.1, -0.05) is 41.4 Å². The molecule has 3 aromatic rings. The van der Waals surface area contributed by atoms with E-state index in [4.69, 9.17) is 16.3 Å². The molecule has 0 spiro atoms. The summed E-state index contributed by atoms with van der Waals surface area (Å²) in [5.74, 6) is 0.241. The minimum absolute atomic E-state index is 0.128. The fraction of sp³-hybridized carbons (Fsp3) is 0.208. The number of ether oxygens (including phenoxy) is 1. The maximum atomic E-state index is 12.8. The predicted molar refractivity (Wildman–Crippen MR) is 127 cm³/mol. The van der Waals surface area contributed by atoms with Crippen molar-refractivity contribution >= 4 is 33.2 Å². The van der Waals surface area contributed by atoms with Gasteiger partial charge in [-0.25, -0.2) is 8.42 Å². The van der Waals surface area contributed by atoms with Crippen molar-refractivity contribution in [1.29, 1.82) is 0 Å². The molecule has 0 bridgehead atoms. The number of carbonyl (C=O) groups excluding carboxylic acids is 1. The lowest BCUT2D eigenvalue weighted by molar-refractivity contribution is -0.123. The van der Waals surface area contributed by atoms with Crippen molar-refractivity contribution in [1.82, 2.24) is 5.32 Å². The molecule has 0 radical (unpaired) electrons. The summed E-state index contributed by atoms with van der Waals surface area (Å²) in [6.07, 6.45) is 0.694. The molecule has 0 saturated heterocycles. The first kappa shape index (κ1) is 23.6. The number of rotatable bonds is 9. The zero-order valence-corrected chi connectivity index (χ0v) is 19.5. The van der Waals surface area contributed by atoms with Crippen LogP contribution in [0.15, 0.2) is 77.7 Å². The highest BCUT2D eigenvalue weighted by atomic mass is 35.5. The lowest BCUT2D eigenvalue weighted by Crippen LogP contribution is -2.30. The third-order valence-electron chi connectivity index (χ3n) is 4.90. The van der Waals surface area contributed by atoms with Gasteiger partial charge < -0.3 is 10.1 Å². The largest absolute Gasteiger partial charge is 0.484 e. The Hall–Kier alpha value is -3.03. The first-order chi connectivity index (χ1) is 15.3. The Bertz CT molecular complexity index is 1150. The molecule has 3 rings (SSSR count). The molecule has 6 nitrogen and oxygen atoms in total. The molecule has 0 fully saturated rings. The van der Waals surface area contributed by atoms with Crippen LogP contribution in [0, 0.1) is 6.92 Å². The number of hydrogen-bond donors (Lipinski definition) is 1. The van der Waals surface area contributed by atoms with Gasteiger partial charge in [0, 0.05) is 18.6 Å². The van der Waals surface area contributed by atoms with Gasteiger partial charge in [0.25, 0.3) is 15.9 Å². The third-order valence-corrected chi connectivity index (χ3v) is 6.95. The maximum Gasteiger partial charge on any atom is 0.264 e. The number of nitrogens with zero attached hydrogens (tertiary/aromatic N) is 1. The van der Waals surface area contributed by atoms with Crippen LogP contribution in [0.25, 0.3) is 0 Å². The summed E-state index contributed by atoms with van der Waals surface area (Å²) in [5, 5.41) is 3.48. The van der Waals surface area contributed by atoms with Crippen molar-refractivity contribution in [3.05, 3.63) is 88.9 Å². The van der Waals surface area contributed by atoms with E-state index in [1.807, 2.05) is 31.2 Å². The van der Waals surface area contributed by atoms with Crippen molar-refractivity contribution in [3.63, 3.8) is 0 Å². The van der Waals surface area contributed by atoms with Gasteiger partial charge >= 0.3 is 0 Å². The Morgan fingerprint density at radius 3 is 2.22 bits per heavy atom. The normalized spacial score (nSPS) is 11.1. The summed E-state index contributed by atoms with van der Waals surface area (Å²) in [6.45, 7) is 2.26. The van der Waals surface area contributed by atoms with E-state index in [9.17, 15) is 13.2 Å². The van der Waals surface area contributed by atoms with E-state index < -0.39 is 10.0 Å². The molecule has 3 aromatic carbocycles. The zero-order valence-electron chi connectivity index (χ0n) is 17.9. The van der Waals surface area contributed by atoms with Crippen LogP contribution >= 0.6 is 11.6 Å². The smallest absolute Gasteiger partial charge is 0.264 e. The second kappa shape index (κ2) is 10.5. The van der Waals surface area contributed by atoms with Crippen molar-refractivity contribution in [2.24, 2.45) is 0 Å². The molecule has 0 atom stereocenters. The van der Waals surface area contributed by atoms with Gasteiger partial charge in [0.15, 0.2) is 6.61 Å². The highest BCUT2D eigenvalue weighted by Crippen LogP contribution is 2.24. The molecule has 168 valence electrons. The van der Waals surface area contributed by atoms with E-state index in [1.165, 1.54) is 11.4 Å². The van der Waals surface area contributed by atoms with Gasteiger partial charge in [0.1, 0.15) is 5.75 Å². The molecule has 0 aliphatic carbocycles. The number of amides is 1. The number of hydrogen-bond acceptors (Lipinski definition) is 4. The Kier molecular flexibility index (Phi) is 7.77. The fourth-order valence-electron chi connectivity index (χ4n) is 2.96. The van der Waals surface area contributed by atoms with E-state index in [0.29, 0.717) is 29.4 Å². The molecule has 0 aliphatic rings. The molecule has 0 saturated carbocycles. The molecule has 32 heavy (non-hydrogen) atoms. The van der Waals surface area contributed by atoms with Crippen molar-refractivity contribution < 1.29 is 17.9 Å². The van der Waals surface area contributed by atoms with E-state index in [2.05, 4.69) is 5.32 Å². The van der Waals surface area contributed by atoms with Gasteiger partial charge in [-0.15, -0.1) is 0 Å². The quantitative estimate of drug-likeness (QED) is 0.506. The number of anilines is 1. The van der Waals surface area contributed by atoms with E-state index in [0.717, 1.165) is 11.1 Å². The van der Waals surface area contributed by atoms with Crippen molar-refractivity contribution in [2.45, 2.75) is 18.2 Å². The molecule has 0 aliphatic heterocycles. The number of benzene rings is 3. The molecule has 0 aromatic heterocycles. The molecule has 1 N–H and O–H groups in total.